The zero-order valence-electron chi connectivity index (χ0n) is 24.1. The second-order valence-corrected chi connectivity index (χ2v) is 11.2. The molecular formula is C35H29N5O4. The molecule has 4 amide bonds. The molecule has 1 N–H and O–H groups in total. The highest BCUT2D eigenvalue weighted by Crippen LogP contribution is 2.31. The van der Waals surface area contributed by atoms with Crippen LogP contribution in [0.15, 0.2) is 97.2 Å². The number of hydrogen-bond donors (Lipinski definition) is 1. The van der Waals surface area contributed by atoms with Gasteiger partial charge in [0.1, 0.15) is 0 Å². The molecular weight excluding hydrogens is 554 g/mol. The maximum atomic E-state index is 13.3. The van der Waals surface area contributed by atoms with Crippen LogP contribution in [0.5, 0.6) is 0 Å². The van der Waals surface area contributed by atoms with Crippen LogP contribution in [-0.2, 0) is 7.05 Å². The van der Waals surface area contributed by atoms with Gasteiger partial charge >= 0.3 is 0 Å². The Morgan fingerprint density at radius 1 is 0.795 bits per heavy atom. The molecule has 1 saturated heterocycles. The molecule has 0 aliphatic carbocycles. The number of piperidine rings is 1. The molecule has 0 bridgehead atoms. The van der Waals surface area contributed by atoms with Gasteiger partial charge in [-0.05, 0) is 91.1 Å². The van der Waals surface area contributed by atoms with Crippen LogP contribution in [0.3, 0.4) is 0 Å². The number of amides is 4. The number of imide groups is 1. The van der Waals surface area contributed by atoms with Crippen LogP contribution < -0.4 is 10.2 Å². The zero-order valence-corrected chi connectivity index (χ0v) is 24.1. The number of aromatic nitrogens is 2. The van der Waals surface area contributed by atoms with Crippen molar-refractivity contribution >= 4 is 45.9 Å². The highest BCUT2D eigenvalue weighted by atomic mass is 16.2. The summed E-state index contributed by atoms with van der Waals surface area (Å²) in [6.45, 7) is 1.25. The Balaban J connectivity index is 0.945. The first kappa shape index (κ1) is 27.3. The third kappa shape index (κ3) is 4.82. The molecule has 0 radical (unpaired) electrons. The van der Waals surface area contributed by atoms with Crippen LogP contribution in [0.1, 0.15) is 65.8 Å². The van der Waals surface area contributed by atoms with E-state index in [1.165, 1.54) is 5.56 Å². The lowest BCUT2D eigenvalue weighted by Crippen LogP contribution is -2.38. The molecule has 5 aromatic rings. The van der Waals surface area contributed by atoms with E-state index >= 15 is 0 Å². The van der Waals surface area contributed by atoms with E-state index in [1.54, 1.807) is 65.5 Å². The van der Waals surface area contributed by atoms with E-state index in [0.717, 1.165) is 34.3 Å². The Bertz CT molecular complexity index is 1900. The van der Waals surface area contributed by atoms with E-state index in [2.05, 4.69) is 10.4 Å². The Hall–Kier alpha value is -5.57. The van der Waals surface area contributed by atoms with Crippen molar-refractivity contribution in [3.8, 4) is 0 Å². The van der Waals surface area contributed by atoms with Crippen LogP contribution in [0.4, 0.5) is 11.4 Å². The van der Waals surface area contributed by atoms with Crippen molar-refractivity contribution in [1.82, 2.24) is 14.7 Å². The van der Waals surface area contributed by atoms with Crippen molar-refractivity contribution in [2.24, 2.45) is 7.05 Å². The Morgan fingerprint density at radius 2 is 1.43 bits per heavy atom. The molecule has 7 rings (SSSR count). The Kier molecular flexibility index (Phi) is 6.77. The van der Waals surface area contributed by atoms with E-state index in [9.17, 15) is 19.2 Å². The van der Waals surface area contributed by atoms with Gasteiger partial charge < -0.3 is 10.2 Å². The molecule has 0 spiro atoms. The average Bonchev–Trinajstić information content (AvgIpc) is 3.56. The number of aryl methyl sites for hydroxylation is 1. The second-order valence-electron chi connectivity index (χ2n) is 11.2. The summed E-state index contributed by atoms with van der Waals surface area (Å²) in [6, 6.07) is 26.9. The van der Waals surface area contributed by atoms with Crippen molar-refractivity contribution < 1.29 is 19.2 Å². The van der Waals surface area contributed by atoms with E-state index in [4.69, 9.17) is 0 Å². The lowest BCUT2D eigenvalue weighted by Gasteiger charge is -2.32. The highest BCUT2D eigenvalue weighted by Gasteiger charge is 2.36. The maximum Gasteiger partial charge on any atom is 0.266 e. The first-order chi connectivity index (χ1) is 21.4. The van der Waals surface area contributed by atoms with E-state index < -0.39 is 0 Å². The predicted octanol–water partition coefficient (Wildman–Crippen LogP) is 5.65. The Morgan fingerprint density at radius 3 is 2.09 bits per heavy atom. The van der Waals surface area contributed by atoms with Crippen LogP contribution in [0.2, 0.25) is 0 Å². The van der Waals surface area contributed by atoms with Gasteiger partial charge in [-0.2, -0.15) is 5.10 Å². The molecule has 1 fully saturated rings. The van der Waals surface area contributed by atoms with Crippen molar-refractivity contribution in [3.63, 3.8) is 0 Å². The molecule has 4 aromatic carbocycles. The quantitative estimate of drug-likeness (QED) is 0.270. The van der Waals surface area contributed by atoms with Crippen LogP contribution in [0.25, 0.3) is 10.9 Å². The lowest BCUT2D eigenvalue weighted by molar-refractivity contribution is 0.0712. The molecule has 0 unspecified atom stereocenters. The number of carbonyl (C=O) groups excluding carboxylic acids is 4. The number of rotatable bonds is 5. The Labute approximate surface area is 253 Å². The first-order valence-corrected chi connectivity index (χ1v) is 14.6. The predicted molar refractivity (Wildman–Crippen MR) is 167 cm³/mol. The summed E-state index contributed by atoms with van der Waals surface area (Å²) in [6.07, 6.45) is 3.40. The maximum absolute atomic E-state index is 13.3. The minimum absolute atomic E-state index is 0.0695. The number of nitrogens with zero attached hydrogens (tertiary/aromatic N) is 4. The summed E-state index contributed by atoms with van der Waals surface area (Å²) >= 11 is 0. The molecule has 9 heteroatoms. The van der Waals surface area contributed by atoms with Gasteiger partial charge in [-0.15, -0.1) is 0 Å². The largest absolute Gasteiger partial charge is 0.339 e. The van der Waals surface area contributed by atoms with Gasteiger partial charge in [-0.3, -0.25) is 23.9 Å². The fraction of sp³-hybridized carbons (Fsp3) is 0.171. The van der Waals surface area contributed by atoms with Gasteiger partial charge in [0.05, 0.1) is 28.5 Å². The average molecular weight is 584 g/mol. The topological polar surface area (TPSA) is 105 Å². The monoisotopic (exact) mass is 583 g/mol. The minimum atomic E-state index is -0.357. The van der Waals surface area contributed by atoms with Gasteiger partial charge in [0.15, 0.2) is 0 Å². The number of benzene rings is 4. The fourth-order valence-corrected chi connectivity index (χ4v) is 6.12. The third-order valence-electron chi connectivity index (χ3n) is 8.60. The number of hydrogen-bond acceptors (Lipinski definition) is 5. The molecule has 0 atom stereocenters. The standard InChI is InChI=1S/C35H29N5O4/c1-38-31-15-10-25(20-26(31)21-36-38)32(41)37-27-11-6-22(7-12-27)23-16-18-39(19-17-23)33(42)24-8-13-28(14-9-24)40-34(43)29-4-2-3-5-30(29)35(40)44/h2-15,20-21,23H,16-19H2,1H3,(H,37,41). The molecule has 3 heterocycles. The molecule has 2 aliphatic rings. The lowest BCUT2D eigenvalue weighted by atomic mass is 9.89. The smallest absolute Gasteiger partial charge is 0.266 e. The van der Waals surface area contributed by atoms with E-state index in [-0.39, 0.29) is 23.6 Å². The van der Waals surface area contributed by atoms with Crippen LogP contribution in [0, 0.1) is 0 Å². The summed E-state index contributed by atoms with van der Waals surface area (Å²) in [7, 11) is 1.87. The minimum Gasteiger partial charge on any atom is -0.339 e. The summed E-state index contributed by atoms with van der Waals surface area (Å²) in [4.78, 5) is 54.7. The van der Waals surface area contributed by atoms with Gasteiger partial charge in [0.25, 0.3) is 23.6 Å². The number of likely N-dealkylation sites (tertiary alicyclic amines) is 1. The van der Waals surface area contributed by atoms with Crippen LogP contribution >= 0.6 is 0 Å². The van der Waals surface area contributed by atoms with Crippen molar-refractivity contribution in [2.45, 2.75) is 18.8 Å². The first-order valence-electron chi connectivity index (χ1n) is 14.6. The molecule has 9 nitrogen and oxygen atoms in total. The second kappa shape index (κ2) is 10.9. The summed E-state index contributed by atoms with van der Waals surface area (Å²) in [5.41, 5.74) is 5.19. The van der Waals surface area contributed by atoms with E-state index in [0.29, 0.717) is 46.9 Å². The van der Waals surface area contributed by atoms with Crippen LogP contribution in [-0.4, -0.2) is 51.4 Å². The number of nitrogens with one attached hydrogen (secondary N) is 1. The summed E-state index contributed by atoms with van der Waals surface area (Å²) in [5.74, 6) is -0.644. The normalized spacial score (nSPS) is 15.1. The fourth-order valence-electron chi connectivity index (χ4n) is 6.12. The molecule has 0 saturated carbocycles. The summed E-state index contributed by atoms with van der Waals surface area (Å²) < 4.78 is 1.77. The van der Waals surface area contributed by atoms with Crippen molar-refractivity contribution in [2.75, 3.05) is 23.3 Å². The van der Waals surface area contributed by atoms with E-state index in [1.807, 2.05) is 48.3 Å². The number of carbonyl (C=O) groups is 4. The molecule has 44 heavy (non-hydrogen) atoms. The van der Waals surface area contributed by atoms with Crippen molar-refractivity contribution in [1.29, 1.82) is 0 Å². The zero-order chi connectivity index (χ0) is 30.4. The van der Waals surface area contributed by atoms with Gasteiger partial charge in [0.2, 0.25) is 0 Å². The molecule has 1 aromatic heterocycles. The third-order valence-corrected chi connectivity index (χ3v) is 8.60. The summed E-state index contributed by atoms with van der Waals surface area (Å²) in [5, 5.41) is 8.12. The van der Waals surface area contributed by atoms with Gasteiger partial charge in [-0.25, -0.2) is 4.90 Å². The molecule has 2 aliphatic heterocycles. The van der Waals surface area contributed by atoms with Crippen molar-refractivity contribution in [3.05, 3.63) is 125 Å². The number of fused-ring (bicyclic) bond motifs is 2. The number of anilines is 2. The van der Waals surface area contributed by atoms with Gasteiger partial charge in [-0.1, -0.05) is 24.3 Å². The highest BCUT2D eigenvalue weighted by molar-refractivity contribution is 6.34. The van der Waals surface area contributed by atoms with Gasteiger partial charge in [0, 0.05) is 42.3 Å². The SMILES string of the molecule is Cn1ncc2cc(C(=O)Nc3ccc(C4CCN(C(=O)c5ccc(N6C(=O)c7ccccc7C6=O)cc5)CC4)cc3)ccc21. The molecule has 218 valence electrons.